The maximum absolute atomic E-state index is 5.97. The van der Waals surface area contributed by atoms with Crippen molar-refractivity contribution in [3.63, 3.8) is 0 Å². The average Bonchev–Trinajstić information content (AvgIpc) is 3.14. The van der Waals surface area contributed by atoms with Gasteiger partial charge in [0, 0.05) is 37.9 Å². The van der Waals surface area contributed by atoms with Gasteiger partial charge in [-0.25, -0.2) is 4.98 Å². The topological polar surface area (TPSA) is 34.2 Å². The number of fused-ring (bicyclic) bond motifs is 1. The van der Waals surface area contributed by atoms with Crippen LogP contribution in [-0.4, -0.2) is 27.5 Å². The number of para-hydroxylation sites is 2. The highest BCUT2D eigenvalue weighted by Crippen LogP contribution is 2.29. The summed E-state index contributed by atoms with van der Waals surface area (Å²) in [7, 11) is 2.11. The van der Waals surface area contributed by atoms with E-state index in [1.165, 1.54) is 12.1 Å². The third-order valence-electron chi connectivity index (χ3n) is 4.60. The van der Waals surface area contributed by atoms with Crippen molar-refractivity contribution in [3.05, 3.63) is 54.2 Å². The van der Waals surface area contributed by atoms with Gasteiger partial charge in [0.05, 0.1) is 0 Å². The zero-order valence-electron chi connectivity index (χ0n) is 12.9. The minimum Gasteiger partial charge on any atom is -0.440 e. The van der Waals surface area contributed by atoms with Crippen LogP contribution in [0.3, 0.4) is 0 Å². The third-order valence-corrected chi connectivity index (χ3v) is 4.60. The molecule has 4 heteroatoms. The summed E-state index contributed by atoms with van der Waals surface area (Å²) >= 11 is 0. The van der Waals surface area contributed by atoms with Crippen LogP contribution in [0.25, 0.3) is 11.1 Å². The van der Waals surface area contributed by atoms with E-state index in [0.717, 1.165) is 43.0 Å². The average molecular weight is 295 g/mol. The molecule has 1 fully saturated rings. The largest absolute Gasteiger partial charge is 0.440 e. The second-order valence-corrected chi connectivity index (χ2v) is 6.20. The first-order valence-corrected chi connectivity index (χ1v) is 7.97. The predicted octanol–water partition coefficient (Wildman–Crippen LogP) is 3.55. The Morgan fingerprint density at radius 1 is 1.23 bits per heavy atom. The molecule has 1 aromatic carbocycles. The van der Waals surface area contributed by atoms with Crippen molar-refractivity contribution in [1.29, 1.82) is 0 Å². The van der Waals surface area contributed by atoms with Gasteiger partial charge < -0.3 is 8.98 Å². The Bertz CT molecular complexity index is 740. The Labute approximate surface area is 130 Å². The SMILES string of the molecule is Cn1cccc1CN1CCC[C@@H](c2nc3ccccc3o2)C1. The van der Waals surface area contributed by atoms with E-state index < -0.39 is 0 Å². The number of aryl methyl sites for hydroxylation is 1. The number of benzene rings is 1. The van der Waals surface area contributed by atoms with E-state index in [1.54, 1.807) is 0 Å². The number of hydrogen-bond acceptors (Lipinski definition) is 3. The van der Waals surface area contributed by atoms with Crippen LogP contribution in [0.15, 0.2) is 47.0 Å². The Morgan fingerprint density at radius 2 is 2.14 bits per heavy atom. The number of hydrogen-bond donors (Lipinski definition) is 0. The van der Waals surface area contributed by atoms with Gasteiger partial charge in [-0.2, -0.15) is 0 Å². The first-order chi connectivity index (χ1) is 10.8. The molecule has 0 amide bonds. The van der Waals surface area contributed by atoms with Crippen molar-refractivity contribution in [2.45, 2.75) is 25.3 Å². The zero-order chi connectivity index (χ0) is 14.9. The van der Waals surface area contributed by atoms with Crippen molar-refractivity contribution >= 4 is 11.1 Å². The van der Waals surface area contributed by atoms with Crippen molar-refractivity contribution < 1.29 is 4.42 Å². The van der Waals surface area contributed by atoms with Gasteiger partial charge in [0.2, 0.25) is 0 Å². The normalized spacial score (nSPS) is 19.8. The molecule has 2 aromatic heterocycles. The van der Waals surface area contributed by atoms with Gasteiger partial charge in [0.25, 0.3) is 0 Å². The van der Waals surface area contributed by atoms with Crippen molar-refractivity contribution in [2.75, 3.05) is 13.1 Å². The standard InChI is InChI=1S/C18H21N3O/c1-20-10-5-7-15(20)13-21-11-4-6-14(12-21)18-19-16-8-2-3-9-17(16)22-18/h2-3,5,7-10,14H,4,6,11-13H2,1H3/t14-/m1/s1. The highest BCUT2D eigenvalue weighted by Gasteiger charge is 2.25. The van der Waals surface area contributed by atoms with E-state index in [4.69, 9.17) is 4.42 Å². The molecule has 4 nitrogen and oxygen atoms in total. The third kappa shape index (κ3) is 2.55. The van der Waals surface area contributed by atoms with E-state index in [0.29, 0.717) is 5.92 Å². The highest BCUT2D eigenvalue weighted by molar-refractivity contribution is 5.72. The number of aromatic nitrogens is 2. The van der Waals surface area contributed by atoms with Crippen LogP contribution < -0.4 is 0 Å². The lowest BCUT2D eigenvalue weighted by Crippen LogP contribution is -2.34. The fourth-order valence-electron chi connectivity index (χ4n) is 3.36. The van der Waals surface area contributed by atoms with Crippen LogP contribution in [0.1, 0.15) is 30.3 Å². The van der Waals surface area contributed by atoms with Gasteiger partial charge >= 0.3 is 0 Å². The van der Waals surface area contributed by atoms with Crippen LogP contribution in [0.2, 0.25) is 0 Å². The smallest absolute Gasteiger partial charge is 0.199 e. The minimum absolute atomic E-state index is 0.404. The molecule has 4 rings (SSSR count). The zero-order valence-corrected chi connectivity index (χ0v) is 12.9. The lowest BCUT2D eigenvalue weighted by atomic mass is 9.98. The minimum atomic E-state index is 0.404. The quantitative estimate of drug-likeness (QED) is 0.741. The van der Waals surface area contributed by atoms with Gasteiger partial charge in [0.15, 0.2) is 11.5 Å². The van der Waals surface area contributed by atoms with Gasteiger partial charge in [-0.3, -0.25) is 4.90 Å². The molecule has 3 heterocycles. The van der Waals surface area contributed by atoms with E-state index in [-0.39, 0.29) is 0 Å². The molecular formula is C18H21N3O. The molecule has 114 valence electrons. The summed E-state index contributed by atoms with van der Waals surface area (Å²) in [4.78, 5) is 7.20. The number of piperidine rings is 1. The Hall–Kier alpha value is -2.07. The molecule has 0 spiro atoms. The molecular weight excluding hydrogens is 274 g/mol. The predicted molar refractivity (Wildman–Crippen MR) is 86.7 cm³/mol. The van der Waals surface area contributed by atoms with Crippen LogP contribution in [0.5, 0.6) is 0 Å². The van der Waals surface area contributed by atoms with Gasteiger partial charge in [-0.15, -0.1) is 0 Å². The first kappa shape index (κ1) is 13.6. The van der Waals surface area contributed by atoms with Crippen LogP contribution in [-0.2, 0) is 13.6 Å². The lowest BCUT2D eigenvalue weighted by molar-refractivity contribution is 0.184. The van der Waals surface area contributed by atoms with Crippen LogP contribution in [0, 0.1) is 0 Å². The number of likely N-dealkylation sites (tertiary alicyclic amines) is 1. The summed E-state index contributed by atoms with van der Waals surface area (Å²) in [5.74, 6) is 1.30. The van der Waals surface area contributed by atoms with Crippen molar-refractivity contribution in [2.24, 2.45) is 7.05 Å². The van der Waals surface area contributed by atoms with E-state index in [9.17, 15) is 0 Å². The fourth-order valence-corrected chi connectivity index (χ4v) is 3.36. The Morgan fingerprint density at radius 3 is 2.95 bits per heavy atom. The summed E-state index contributed by atoms with van der Waals surface area (Å²) < 4.78 is 8.17. The molecule has 1 saturated heterocycles. The van der Waals surface area contributed by atoms with Gasteiger partial charge in [-0.1, -0.05) is 12.1 Å². The molecule has 1 aliphatic rings. The molecule has 0 unspecified atom stereocenters. The molecule has 1 aliphatic heterocycles. The number of oxazole rings is 1. The van der Waals surface area contributed by atoms with Crippen LogP contribution in [0.4, 0.5) is 0 Å². The maximum Gasteiger partial charge on any atom is 0.199 e. The van der Waals surface area contributed by atoms with Gasteiger partial charge in [-0.05, 0) is 43.7 Å². The van der Waals surface area contributed by atoms with E-state index in [2.05, 4.69) is 39.8 Å². The number of rotatable bonds is 3. The Kier molecular flexibility index (Phi) is 3.47. The molecule has 0 aliphatic carbocycles. The molecule has 1 atom stereocenters. The molecule has 0 N–H and O–H groups in total. The molecule has 0 radical (unpaired) electrons. The Balaban J connectivity index is 1.51. The lowest BCUT2D eigenvalue weighted by Gasteiger charge is -2.31. The first-order valence-electron chi connectivity index (χ1n) is 7.97. The summed E-state index contributed by atoms with van der Waals surface area (Å²) in [6, 6.07) is 12.3. The number of nitrogens with zero attached hydrogens (tertiary/aromatic N) is 3. The maximum atomic E-state index is 5.97. The summed E-state index contributed by atoms with van der Waals surface area (Å²) in [6.45, 7) is 3.18. The highest BCUT2D eigenvalue weighted by atomic mass is 16.3. The van der Waals surface area contributed by atoms with E-state index in [1.807, 2.05) is 24.3 Å². The van der Waals surface area contributed by atoms with Crippen LogP contribution >= 0.6 is 0 Å². The van der Waals surface area contributed by atoms with E-state index >= 15 is 0 Å². The second-order valence-electron chi connectivity index (χ2n) is 6.20. The molecule has 0 bridgehead atoms. The molecule has 3 aromatic rings. The summed E-state index contributed by atoms with van der Waals surface area (Å²) in [5, 5.41) is 0. The molecule has 22 heavy (non-hydrogen) atoms. The summed E-state index contributed by atoms with van der Waals surface area (Å²) in [6.07, 6.45) is 4.47. The fraction of sp³-hybridized carbons (Fsp3) is 0.389. The monoisotopic (exact) mass is 295 g/mol. The van der Waals surface area contributed by atoms with Gasteiger partial charge in [0.1, 0.15) is 5.52 Å². The van der Waals surface area contributed by atoms with Crippen molar-refractivity contribution in [1.82, 2.24) is 14.5 Å². The summed E-state index contributed by atoms with van der Waals surface area (Å²) in [5.41, 5.74) is 3.23. The van der Waals surface area contributed by atoms with Crippen molar-refractivity contribution in [3.8, 4) is 0 Å². The molecule has 0 saturated carbocycles. The second kappa shape index (κ2) is 5.61.